The van der Waals surface area contributed by atoms with E-state index in [9.17, 15) is 0 Å². The number of thioether (sulfide) groups is 1. The molecule has 0 N–H and O–H groups in total. The maximum Gasteiger partial charge on any atom is 0.247 e. The molecular formula is C22H45N2S+. The molecule has 148 valence electrons. The average Bonchev–Trinajstić information content (AvgIpc) is 3.02. The Bertz CT molecular complexity index is 341. The number of unbranched alkanes of at least 4 members (excludes halogenated alkanes) is 10. The highest BCUT2D eigenvalue weighted by Crippen LogP contribution is 2.15. The zero-order chi connectivity index (χ0) is 18.2. The maximum absolute atomic E-state index is 2.65. The molecule has 0 radical (unpaired) electrons. The molecule has 0 amide bonds. The van der Waals surface area contributed by atoms with Crippen LogP contribution in [0.25, 0.3) is 0 Å². The van der Waals surface area contributed by atoms with E-state index in [4.69, 9.17) is 0 Å². The fourth-order valence-corrected chi connectivity index (χ4v) is 4.73. The van der Waals surface area contributed by atoms with Gasteiger partial charge in [-0.1, -0.05) is 78.1 Å². The van der Waals surface area contributed by atoms with Gasteiger partial charge in [0.1, 0.15) is 19.0 Å². The fourth-order valence-electron chi connectivity index (χ4n) is 3.70. The predicted molar refractivity (Wildman–Crippen MR) is 116 cm³/mol. The van der Waals surface area contributed by atoms with Crippen LogP contribution in [0.15, 0.2) is 0 Å². The minimum absolute atomic E-state index is 1.18. The molecule has 1 rings (SSSR count). The summed E-state index contributed by atoms with van der Waals surface area (Å²) in [6, 6.07) is 0. The molecular weight excluding hydrogens is 324 g/mol. The van der Waals surface area contributed by atoms with E-state index in [2.05, 4.69) is 42.0 Å². The maximum atomic E-state index is 2.65. The van der Waals surface area contributed by atoms with Crippen molar-refractivity contribution in [3.63, 3.8) is 0 Å². The van der Waals surface area contributed by atoms with Gasteiger partial charge in [-0.25, -0.2) is 0 Å². The van der Waals surface area contributed by atoms with E-state index in [1.54, 1.807) is 5.84 Å². The first-order valence-corrected chi connectivity index (χ1v) is 12.4. The summed E-state index contributed by atoms with van der Waals surface area (Å²) in [7, 11) is 0. The highest BCUT2D eigenvalue weighted by atomic mass is 32.2. The van der Waals surface area contributed by atoms with Crippen LogP contribution in [0.4, 0.5) is 0 Å². The molecule has 0 aliphatic carbocycles. The van der Waals surface area contributed by atoms with Crippen molar-refractivity contribution in [1.29, 1.82) is 0 Å². The van der Waals surface area contributed by atoms with E-state index in [0.717, 1.165) is 0 Å². The van der Waals surface area contributed by atoms with E-state index < -0.39 is 0 Å². The lowest BCUT2D eigenvalue weighted by molar-refractivity contribution is -0.498. The molecule has 0 aromatic heterocycles. The minimum atomic E-state index is 1.18. The Labute approximate surface area is 162 Å². The molecule has 0 unspecified atom stereocenters. The lowest BCUT2D eigenvalue weighted by Crippen LogP contribution is -2.29. The minimum Gasteiger partial charge on any atom is -0.262 e. The third-order valence-electron chi connectivity index (χ3n) is 5.39. The topological polar surface area (TPSA) is 6.25 Å². The molecule has 0 aromatic carbocycles. The van der Waals surface area contributed by atoms with Crippen LogP contribution < -0.4 is 0 Å². The van der Waals surface area contributed by atoms with Crippen LogP contribution in [0.5, 0.6) is 0 Å². The number of likely N-dealkylation sites (N-methyl/N-ethyl adjacent to an activating group) is 1. The Kier molecular flexibility index (Phi) is 14.7. The Balaban J connectivity index is 2.01. The van der Waals surface area contributed by atoms with Crippen molar-refractivity contribution in [3.8, 4) is 0 Å². The molecule has 0 fully saturated rings. The molecule has 0 spiro atoms. The van der Waals surface area contributed by atoms with E-state index in [1.165, 1.54) is 115 Å². The number of amidine groups is 1. The highest BCUT2D eigenvalue weighted by molar-refractivity contribution is 7.99. The number of nitrogens with zero attached hydrogens (tertiary/aromatic N) is 2. The smallest absolute Gasteiger partial charge is 0.247 e. The molecule has 1 aliphatic heterocycles. The normalized spacial score (nSPS) is 14.8. The lowest BCUT2D eigenvalue weighted by atomic mass is 10.1. The molecule has 0 bridgehead atoms. The van der Waals surface area contributed by atoms with Crippen molar-refractivity contribution >= 4 is 17.6 Å². The van der Waals surface area contributed by atoms with Gasteiger partial charge in [0.25, 0.3) is 0 Å². The Morgan fingerprint density at radius 3 is 2.00 bits per heavy atom. The van der Waals surface area contributed by atoms with Gasteiger partial charge in [-0.2, -0.15) is 0 Å². The number of hydrogen-bond donors (Lipinski definition) is 0. The van der Waals surface area contributed by atoms with Gasteiger partial charge in [0, 0.05) is 6.42 Å². The van der Waals surface area contributed by atoms with E-state index >= 15 is 0 Å². The van der Waals surface area contributed by atoms with Gasteiger partial charge < -0.3 is 0 Å². The zero-order valence-corrected chi connectivity index (χ0v) is 18.3. The summed E-state index contributed by atoms with van der Waals surface area (Å²) in [6.45, 7) is 10.6. The van der Waals surface area contributed by atoms with Crippen molar-refractivity contribution < 1.29 is 4.58 Å². The van der Waals surface area contributed by atoms with Crippen molar-refractivity contribution in [2.24, 2.45) is 0 Å². The molecule has 1 aliphatic rings. The number of hydrogen-bond acceptors (Lipinski definition) is 2. The number of rotatable bonds is 17. The summed E-state index contributed by atoms with van der Waals surface area (Å²) >= 11 is 2.16. The third-order valence-corrected chi connectivity index (χ3v) is 6.47. The summed E-state index contributed by atoms with van der Waals surface area (Å²) in [4.78, 5) is 2.59. The second-order valence-corrected chi connectivity index (χ2v) is 8.66. The summed E-state index contributed by atoms with van der Waals surface area (Å²) < 4.78 is 2.65. The quantitative estimate of drug-likeness (QED) is 0.212. The average molecular weight is 370 g/mol. The molecule has 1 heterocycles. The first-order valence-electron chi connectivity index (χ1n) is 11.3. The van der Waals surface area contributed by atoms with E-state index in [1.807, 2.05) is 0 Å². The molecule has 0 atom stereocenters. The standard InChI is InChI=1S/C22H45N2S/c1-4-7-9-10-11-12-13-14-15-16-20-25-21-24-19-18-23(6-3)22(24)17-8-5-2/h4-21H2,1-3H3/q+1. The fraction of sp³-hybridized carbons (Fsp3) is 0.955. The molecule has 25 heavy (non-hydrogen) atoms. The first-order chi connectivity index (χ1) is 12.3. The second-order valence-electron chi connectivity index (χ2n) is 7.58. The van der Waals surface area contributed by atoms with Crippen molar-refractivity contribution in [2.75, 3.05) is 31.3 Å². The largest absolute Gasteiger partial charge is 0.262 e. The summed E-state index contributed by atoms with van der Waals surface area (Å²) in [5.41, 5.74) is 0. The lowest BCUT2D eigenvalue weighted by Gasteiger charge is -2.11. The highest BCUT2D eigenvalue weighted by Gasteiger charge is 2.27. The van der Waals surface area contributed by atoms with Crippen molar-refractivity contribution in [1.82, 2.24) is 4.90 Å². The van der Waals surface area contributed by atoms with Crippen LogP contribution in [0.3, 0.4) is 0 Å². The predicted octanol–water partition coefficient (Wildman–Crippen LogP) is 6.53. The molecule has 0 saturated carbocycles. The van der Waals surface area contributed by atoms with Crippen molar-refractivity contribution in [2.45, 2.75) is 104 Å². The van der Waals surface area contributed by atoms with E-state index in [0.29, 0.717) is 0 Å². The van der Waals surface area contributed by atoms with Crippen LogP contribution >= 0.6 is 11.8 Å². The zero-order valence-electron chi connectivity index (χ0n) is 17.5. The Hall–Kier alpha value is -0.180. The first kappa shape index (κ1) is 22.9. The Morgan fingerprint density at radius 2 is 1.40 bits per heavy atom. The van der Waals surface area contributed by atoms with Gasteiger partial charge in [0.05, 0.1) is 6.54 Å². The van der Waals surface area contributed by atoms with Crippen LogP contribution in [0, 0.1) is 0 Å². The monoisotopic (exact) mass is 369 g/mol. The third kappa shape index (κ3) is 10.5. The van der Waals surface area contributed by atoms with Gasteiger partial charge in [-0.05, 0) is 25.5 Å². The molecule has 0 saturated heterocycles. The van der Waals surface area contributed by atoms with E-state index in [-0.39, 0.29) is 0 Å². The van der Waals surface area contributed by atoms with Crippen LogP contribution in [0.2, 0.25) is 0 Å². The van der Waals surface area contributed by atoms with Crippen LogP contribution in [0.1, 0.15) is 104 Å². The molecule has 2 nitrogen and oxygen atoms in total. The summed E-state index contributed by atoms with van der Waals surface area (Å²) in [5, 5.41) is 0. The van der Waals surface area contributed by atoms with Gasteiger partial charge in [0.2, 0.25) is 5.84 Å². The van der Waals surface area contributed by atoms with Crippen molar-refractivity contribution in [3.05, 3.63) is 0 Å². The molecule has 0 aromatic rings. The van der Waals surface area contributed by atoms with Gasteiger partial charge in [-0.15, -0.1) is 11.8 Å². The molecule has 3 heteroatoms. The summed E-state index contributed by atoms with van der Waals surface area (Å²) in [5.74, 6) is 4.19. The SMILES string of the molecule is CCCCCCCCCCCCSC[N+]1=C(CCCC)N(CC)CC1. The van der Waals surface area contributed by atoms with Gasteiger partial charge in [-0.3, -0.25) is 9.48 Å². The second kappa shape index (κ2) is 16.0. The van der Waals surface area contributed by atoms with Gasteiger partial charge >= 0.3 is 0 Å². The van der Waals surface area contributed by atoms with Crippen LogP contribution in [-0.4, -0.2) is 46.6 Å². The Morgan fingerprint density at radius 1 is 0.800 bits per heavy atom. The van der Waals surface area contributed by atoms with Crippen LogP contribution in [-0.2, 0) is 0 Å². The summed E-state index contributed by atoms with van der Waals surface area (Å²) in [6.07, 6.45) is 18.3. The van der Waals surface area contributed by atoms with Gasteiger partial charge in [0.15, 0.2) is 0 Å².